The molecule has 4 amide bonds. The normalized spacial score (nSPS) is 12.3. The van der Waals surface area contributed by atoms with Crippen LogP contribution >= 0.6 is 0 Å². The Bertz CT molecular complexity index is 910. The lowest BCUT2D eigenvalue weighted by atomic mass is 10.1. The molecule has 0 fully saturated rings. The highest BCUT2D eigenvalue weighted by Crippen LogP contribution is 2.12. The van der Waals surface area contributed by atoms with E-state index in [1.165, 1.54) is 115 Å². The van der Waals surface area contributed by atoms with E-state index in [2.05, 4.69) is 46.2 Å². The van der Waals surface area contributed by atoms with Crippen LogP contribution < -0.4 is 32.3 Å². The van der Waals surface area contributed by atoms with Crippen LogP contribution in [-0.2, 0) is 9.59 Å². The summed E-state index contributed by atoms with van der Waals surface area (Å²) in [5, 5.41) is 6.34. The first kappa shape index (κ1) is 42.1. The van der Waals surface area contributed by atoms with Crippen LogP contribution in [0.25, 0.3) is 0 Å². The van der Waals surface area contributed by atoms with Crippen molar-refractivity contribution in [1.29, 1.82) is 0 Å². The van der Waals surface area contributed by atoms with E-state index < -0.39 is 23.9 Å². The molecule has 1 aromatic heterocycles. The number of hydrogen-bond donors (Lipinski definition) is 6. The average molecular weight is 663 g/mol. The number of nitrogens with one attached hydrogen (secondary N) is 6. The molecular weight excluding hydrogens is 596 g/mol. The molecule has 270 valence electrons. The van der Waals surface area contributed by atoms with Crippen molar-refractivity contribution in [2.24, 2.45) is 0 Å². The van der Waals surface area contributed by atoms with Crippen molar-refractivity contribution in [3.05, 3.63) is 23.7 Å². The van der Waals surface area contributed by atoms with Crippen LogP contribution in [-0.4, -0.2) is 48.8 Å². The van der Waals surface area contributed by atoms with Crippen LogP contribution in [0.2, 0.25) is 0 Å². The van der Waals surface area contributed by atoms with Gasteiger partial charge in [0, 0.05) is 0 Å². The van der Waals surface area contributed by atoms with Crippen molar-refractivity contribution in [3.63, 3.8) is 0 Å². The first-order chi connectivity index (χ1) is 22.8. The highest BCUT2D eigenvalue weighted by atomic mass is 16.4. The number of amides is 4. The topological polar surface area (TPSA) is 154 Å². The molecule has 0 aromatic carbocycles. The fourth-order valence-corrected chi connectivity index (χ4v) is 5.21. The minimum absolute atomic E-state index is 0.153. The van der Waals surface area contributed by atoms with E-state index in [1.807, 2.05) is 0 Å². The second-order valence-electron chi connectivity index (χ2n) is 12.8. The van der Waals surface area contributed by atoms with E-state index in [0.717, 1.165) is 38.8 Å². The monoisotopic (exact) mass is 663 g/mol. The van der Waals surface area contributed by atoms with Gasteiger partial charge in [0.1, 0.15) is 0 Å². The third-order valence-electron chi connectivity index (χ3n) is 8.40. The van der Waals surface area contributed by atoms with Crippen molar-refractivity contribution in [2.45, 2.75) is 168 Å². The molecule has 0 aliphatic rings. The Hall–Kier alpha value is -2.92. The highest BCUT2D eigenvalue weighted by Gasteiger charge is 2.19. The summed E-state index contributed by atoms with van der Waals surface area (Å²) in [5.74, 6) is -2.47. The minimum atomic E-state index is -0.701. The Morgan fingerprint density at radius 1 is 0.489 bits per heavy atom. The van der Waals surface area contributed by atoms with Crippen molar-refractivity contribution in [1.82, 2.24) is 32.3 Å². The number of furan rings is 1. The van der Waals surface area contributed by atoms with Crippen LogP contribution in [0, 0.1) is 0 Å². The van der Waals surface area contributed by atoms with Gasteiger partial charge in [-0.1, -0.05) is 129 Å². The van der Waals surface area contributed by atoms with Crippen LogP contribution in [0.5, 0.6) is 0 Å². The molecule has 47 heavy (non-hydrogen) atoms. The van der Waals surface area contributed by atoms with E-state index in [9.17, 15) is 19.2 Å². The molecule has 0 spiro atoms. The van der Waals surface area contributed by atoms with Gasteiger partial charge in [-0.05, 0) is 51.9 Å². The fourth-order valence-electron chi connectivity index (χ4n) is 5.21. The molecule has 1 rings (SSSR count). The van der Waals surface area contributed by atoms with Gasteiger partial charge in [-0.2, -0.15) is 0 Å². The van der Waals surface area contributed by atoms with E-state index in [1.54, 1.807) is 13.8 Å². The molecule has 11 heteroatoms. The largest absolute Gasteiger partial charge is 0.446 e. The predicted octanol–water partition coefficient (Wildman–Crippen LogP) is 6.60. The zero-order chi connectivity index (χ0) is 34.5. The summed E-state index contributed by atoms with van der Waals surface area (Å²) < 4.78 is 5.32. The number of rotatable bonds is 28. The molecule has 0 saturated carbocycles. The maximum absolute atomic E-state index is 12.4. The van der Waals surface area contributed by atoms with Crippen LogP contribution in [0.1, 0.15) is 177 Å². The summed E-state index contributed by atoms with van der Waals surface area (Å²) in [6.07, 6.45) is 25.0. The number of unbranched alkanes of at least 4 members (excludes halogenated alkanes) is 18. The summed E-state index contributed by atoms with van der Waals surface area (Å²) in [5.41, 5.74) is 9.37. The van der Waals surface area contributed by atoms with Crippen molar-refractivity contribution >= 4 is 23.6 Å². The van der Waals surface area contributed by atoms with Crippen LogP contribution in [0.4, 0.5) is 0 Å². The van der Waals surface area contributed by atoms with E-state index in [4.69, 9.17) is 4.42 Å². The van der Waals surface area contributed by atoms with Gasteiger partial charge in [-0.15, -0.1) is 0 Å². The average Bonchev–Trinajstić information content (AvgIpc) is 3.57. The fraction of sp³-hybridized carbons (Fsp3) is 0.778. The molecule has 0 aliphatic carbocycles. The van der Waals surface area contributed by atoms with Gasteiger partial charge in [0.2, 0.25) is 0 Å². The predicted molar refractivity (Wildman–Crippen MR) is 189 cm³/mol. The molecule has 0 unspecified atom stereocenters. The van der Waals surface area contributed by atoms with Gasteiger partial charge in [0.15, 0.2) is 11.5 Å². The van der Waals surface area contributed by atoms with Gasteiger partial charge >= 0.3 is 11.8 Å². The molecule has 1 heterocycles. The van der Waals surface area contributed by atoms with Gasteiger partial charge in [0.05, 0.1) is 12.1 Å². The van der Waals surface area contributed by atoms with Crippen LogP contribution in [0.3, 0.4) is 0 Å². The van der Waals surface area contributed by atoms with E-state index >= 15 is 0 Å². The lowest BCUT2D eigenvalue weighted by molar-refractivity contribution is -0.124. The number of hydrazine groups is 2. The summed E-state index contributed by atoms with van der Waals surface area (Å²) in [6.45, 7) is 9.38. The Morgan fingerprint density at radius 2 is 0.787 bits per heavy atom. The number of carbonyl (C=O) groups is 4. The number of carbonyl (C=O) groups excluding carboxylic acids is 4. The summed E-state index contributed by atoms with van der Waals surface area (Å²) in [4.78, 5) is 49.5. The lowest BCUT2D eigenvalue weighted by Crippen LogP contribution is -2.50. The molecule has 1 aromatic rings. The molecule has 0 aliphatic heterocycles. The van der Waals surface area contributed by atoms with Gasteiger partial charge < -0.3 is 15.1 Å². The molecular formula is C36H66N6O5. The molecule has 0 bridgehead atoms. The van der Waals surface area contributed by atoms with Crippen molar-refractivity contribution < 1.29 is 23.6 Å². The zero-order valence-electron chi connectivity index (χ0n) is 29.9. The zero-order valence-corrected chi connectivity index (χ0v) is 29.9. The van der Waals surface area contributed by atoms with Crippen LogP contribution in [0.15, 0.2) is 16.5 Å². The Morgan fingerprint density at radius 3 is 1.11 bits per heavy atom. The third kappa shape index (κ3) is 21.6. The van der Waals surface area contributed by atoms with Gasteiger partial charge in [-0.3, -0.25) is 40.9 Å². The van der Waals surface area contributed by atoms with E-state index in [0.29, 0.717) is 0 Å². The standard InChI is InChI=1S/C36H66N6O5/c1-5-7-9-11-13-15-17-19-21-23-27-37-29(3)33(43)39-41-35(45)31-25-26-32(47-31)36(46)42-40-34(44)30(4)38-28-24-22-20-18-16-14-12-10-8-6-2/h25-26,29-30,37-38H,5-24,27-28H2,1-4H3,(H,39,43)(H,40,44)(H,41,45)(H,42,46)/t29-,30-/m0/s1. The van der Waals surface area contributed by atoms with Crippen molar-refractivity contribution in [2.75, 3.05) is 13.1 Å². The minimum Gasteiger partial charge on any atom is -0.446 e. The highest BCUT2D eigenvalue weighted by molar-refractivity contribution is 5.97. The molecule has 6 N–H and O–H groups in total. The van der Waals surface area contributed by atoms with Crippen molar-refractivity contribution in [3.8, 4) is 0 Å². The SMILES string of the molecule is CCCCCCCCCCCCN[C@@H](C)C(=O)NNC(=O)c1ccc(C(=O)NNC(=O)[C@H](C)NCCCCCCCCCCCC)o1. The molecule has 0 radical (unpaired) electrons. The first-order valence-corrected chi connectivity index (χ1v) is 18.6. The summed E-state index contributed by atoms with van der Waals surface area (Å²) >= 11 is 0. The third-order valence-corrected chi connectivity index (χ3v) is 8.40. The maximum atomic E-state index is 12.4. The Labute approximate surface area is 284 Å². The number of hydrogen-bond acceptors (Lipinski definition) is 7. The molecule has 2 atom stereocenters. The molecule has 0 saturated heterocycles. The van der Waals surface area contributed by atoms with Gasteiger partial charge in [0.25, 0.3) is 11.8 Å². The lowest BCUT2D eigenvalue weighted by Gasteiger charge is -2.14. The summed E-state index contributed by atoms with van der Waals surface area (Å²) in [6, 6.07) is 1.67. The second-order valence-corrected chi connectivity index (χ2v) is 12.8. The summed E-state index contributed by atoms with van der Waals surface area (Å²) in [7, 11) is 0. The molecule has 11 nitrogen and oxygen atoms in total. The maximum Gasteiger partial charge on any atom is 0.305 e. The second kappa shape index (κ2) is 28.1. The smallest absolute Gasteiger partial charge is 0.305 e. The quantitative estimate of drug-likeness (QED) is 0.0437. The first-order valence-electron chi connectivity index (χ1n) is 18.6. The Balaban J connectivity index is 2.16. The van der Waals surface area contributed by atoms with Gasteiger partial charge in [-0.25, -0.2) is 0 Å². The Kier molecular flexibility index (Phi) is 25.2. The van der Waals surface area contributed by atoms with E-state index in [-0.39, 0.29) is 23.3 Å².